The lowest BCUT2D eigenvalue weighted by Crippen LogP contribution is -1.93. The van der Waals surface area contributed by atoms with E-state index in [2.05, 4.69) is 51.1 Å². The molecule has 1 heteroatoms. The van der Waals surface area contributed by atoms with Gasteiger partial charge < -0.3 is 5.11 Å². The third kappa shape index (κ3) is 2.81. The molecule has 0 amide bonds. The molecule has 0 aliphatic rings. The zero-order chi connectivity index (χ0) is 13.8. The molecular formula is C18H22O. The summed E-state index contributed by atoms with van der Waals surface area (Å²) < 4.78 is 0. The molecule has 2 aromatic rings. The van der Waals surface area contributed by atoms with E-state index in [0.29, 0.717) is 5.75 Å². The molecule has 19 heavy (non-hydrogen) atoms. The first-order chi connectivity index (χ1) is 9.19. The number of aryl methyl sites for hydroxylation is 2. The highest BCUT2D eigenvalue weighted by molar-refractivity contribution is 5.68. The van der Waals surface area contributed by atoms with Crippen molar-refractivity contribution in [3.63, 3.8) is 0 Å². The molecule has 0 atom stereocenters. The van der Waals surface area contributed by atoms with Gasteiger partial charge in [-0.1, -0.05) is 51.1 Å². The van der Waals surface area contributed by atoms with Crippen molar-refractivity contribution in [2.24, 2.45) is 0 Å². The van der Waals surface area contributed by atoms with E-state index in [1.54, 1.807) is 0 Å². The van der Waals surface area contributed by atoms with Crippen LogP contribution < -0.4 is 0 Å². The third-order valence-corrected chi connectivity index (χ3v) is 3.75. The number of rotatable bonds is 4. The minimum atomic E-state index is 0.427. The Labute approximate surface area is 115 Å². The van der Waals surface area contributed by atoms with Gasteiger partial charge in [0.2, 0.25) is 0 Å². The molecule has 0 aromatic heterocycles. The second-order valence-electron chi connectivity index (χ2n) is 4.89. The Hall–Kier alpha value is -1.76. The second kappa shape index (κ2) is 5.92. The maximum Gasteiger partial charge on any atom is 0.119 e. The molecule has 0 bridgehead atoms. The summed E-state index contributed by atoms with van der Waals surface area (Å²) in [5.74, 6) is 0.427. The predicted octanol–water partition coefficient (Wildman–Crippen LogP) is 4.75. The van der Waals surface area contributed by atoms with Gasteiger partial charge in [0.25, 0.3) is 0 Å². The summed E-state index contributed by atoms with van der Waals surface area (Å²) in [4.78, 5) is 0. The fourth-order valence-corrected chi connectivity index (χ4v) is 2.54. The van der Waals surface area contributed by atoms with Crippen LogP contribution in [0.4, 0.5) is 0 Å². The number of hydrogen-bond donors (Lipinski definition) is 1. The SMILES string of the molecule is CCc1ccc(-c2cc(O)c(CC)c(CC)c2)cc1. The number of benzene rings is 2. The molecule has 100 valence electrons. The molecule has 0 fully saturated rings. The van der Waals surface area contributed by atoms with Crippen LogP contribution in [-0.2, 0) is 19.3 Å². The molecule has 1 N–H and O–H groups in total. The first-order valence-corrected chi connectivity index (χ1v) is 7.13. The first kappa shape index (κ1) is 13.7. The Morgan fingerprint density at radius 1 is 0.789 bits per heavy atom. The van der Waals surface area contributed by atoms with Gasteiger partial charge >= 0.3 is 0 Å². The quantitative estimate of drug-likeness (QED) is 0.835. The Kier molecular flexibility index (Phi) is 4.26. The normalized spacial score (nSPS) is 10.7. The van der Waals surface area contributed by atoms with Crippen molar-refractivity contribution in [2.75, 3.05) is 0 Å². The number of aromatic hydroxyl groups is 1. The average molecular weight is 254 g/mol. The Balaban J connectivity index is 2.47. The highest BCUT2D eigenvalue weighted by Crippen LogP contribution is 2.30. The standard InChI is InChI=1S/C18H22O/c1-4-13-7-9-15(10-8-13)16-11-14(5-2)17(6-3)18(19)12-16/h7-12,19H,4-6H2,1-3H3. The summed E-state index contributed by atoms with van der Waals surface area (Å²) in [5, 5.41) is 10.2. The van der Waals surface area contributed by atoms with Crippen LogP contribution >= 0.6 is 0 Å². The fourth-order valence-electron chi connectivity index (χ4n) is 2.54. The van der Waals surface area contributed by atoms with Gasteiger partial charge in [-0.25, -0.2) is 0 Å². The van der Waals surface area contributed by atoms with Crippen LogP contribution in [0.3, 0.4) is 0 Å². The second-order valence-corrected chi connectivity index (χ2v) is 4.89. The van der Waals surface area contributed by atoms with Crippen molar-refractivity contribution in [2.45, 2.75) is 40.0 Å². The highest BCUT2D eigenvalue weighted by atomic mass is 16.3. The molecule has 0 aliphatic carbocycles. The minimum absolute atomic E-state index is 0.427. The van der Waals surface area contributed by atoms with E-state index in [1.807, 2.05) is 6.07 Å². The molecule has 2 aromatic carbocycles. The van der Waals surface area contributed by atoms with Gasteiger partial charge in [-0.2, -0.15) is 0 Å². The molecule has 0 unspecified atom stereocenters. The van der Waals surface area contributed by atoms with Crippen molar-refractivity contribution in [3.8, 4) is 16.9 Å². The van der Waals surface area contributed by atoms with Gasteiger partial charge in [-0.3, -0.25) is 0 Å². The molecule has 0 saturated heterocycles. The summed E-state index contributed by atoms with van der Waals surface area (Å²) in [6.07, 6.45) is 2.89. The van der Waals surface area contributed by atoms with Crippen LogP contribution in [0, 0.1) is 0 Å². The monoisotopic (exact) mass is 254 g/mol. The van der Waals surface area contributed by atoms with E-state index >= 15 is 0 Å². The van der Waals surface area contributed by atoms with Gasteiger partial charge in [-0.05, 0) is 53.1 Å². The van der Waals surface area contributed by atoms with Crippen molar-refractivity contribution in [1.29, 1.82) is 0 Å². The first-order valence-electron chi connectivity index (χ1n) is 7.13. The molecule has 0 heterocycles. The maximum atomic E-state index is 10.2. The summed E-state index contributed by atoms with van der Waals surface area (Å²) in [6.45, 7) is 6.38. The topological polar surface area (TPSA) is 20.2 Å². The maximum absolute atomic E-state index is 10.2. The van der Waals surface area contributed by atoms with Gasteiger partial charge in [0.05, 0.1) is 0 Å². The molecule has 0 aliphatic heterocycles. The van der Waals surface area contributed by atoms with Gasteiger partial charge in [0.15, 0.2) is 0 Å². The summed E-state index contributed by atoms with van der Waals surface area (Å²) in [7, 11) is 0. The predicted molar refractivity (Wildman–Crippen MR) is 81.7 cm³/mol. The number of phenolic OH excluding ortho intramolecular Hbond substituents is 1. The highest BCUT2D eigenvalue weighted by Gasteiger charge is 2.08. The molecule has 0 spiro atoms. The van der Waals surface area contributed by atoms with E-state index in [1.165, 1.54) is 16.7 Å². The van der Waals surface area contributed by atoms with Crippen LogP contribution in [0.15, 0.2) is 36.4 Å². The Morgan fingerprint density at radius 3 is 2.00 bits per heavy atom. The Bertz CT molecular complexity index is 553. The zero-order valence-electron chi connectivity index (χ0n) is 12.0. The molecule has 0 radical (unpaired) electrons. The van der Waals surface area contributed by atoms with Crippen LogP contribution in [0.2, 0.25) is 0 Å². The molecular weight excluding hydrogens is 232 g/mol. The van der Waals surface area contributed by atoms with Crippen LogP contribution in [0.25, 0.3) is 11.1 Å². The van der Waals surface area contributed by atoms with Crippen LogP contribution in [-0.4, -0.2) is 5.11 Å². The average Bonchev–Trinajstić information content (AvgIpc) is 2.46. The largest absolute Gasteiger partial charge is 0.508 e. The van der Waals surface area contributed by atoms with E-state index in [-0.39, 0.29) is 0 Å². The van der Waals surface area contributed by atoms with E-state index in [4.69, 9.17) is 0 Å². The van der Waals surface area contributed by atoms with E-state index in [9.17, 15) is 5.11 Å². The van der Waals surface area contributed by atoms with Crippen molar-refractivity contribution < 1.29 is 5.11 Å². The number of phenols is 1. The lowest BCUT2D eigenvalue weighted by Gasteiger charge is -2.12. The Morgan fingerprint density at radius 2 is 1.47 bits per heavy atom. The fraction of sp³-hybridized carbons (Fsp3) is 0.333. The van der Waals surface area contributed by atoms with Gasteiger partial charge in [0.1, 0.15) is 5.75 Å². The summed E-state index contributed by atoms with van der Waals surface area (Å²) in [6, 6.07) is 12.7. The van der Waals surface area contributed by atoms with Crippen molar-refractivity contribution in [3.05, 3.63) is 53.1 Å². The summed E-state index contributed by atoms with van der Waals surface area (Å²) >= 11 is 0. The van der Waals surface area contributed by atoms with Crippen molar-refractivity contribution >= 4 is 0 Å². The molecule has 2 rings (SSSR count). The lowest BCUT2D eigenvalue weighted by atomic mass is 9.95. The van der Waals surface area contributed by atoms with Gasteiger partial charge in [0, 0.05) is 0 Å². The smallest absolute Gasteiger partial charge is 0.119 e. The lowest BCUT2D eigenvalue weighted by molar-refractivity contribution is 0.468. The van der Waals surface area contributed by atoms with Crippen LogP contribution in [0.1, 0.15) is 37.5 Å². The molecule has 1 nitrogen and oxygen atoms in total. The zero-order valence-corrected chi connectivity index (χ0v) is 12.0. The molecule has 0 saturated carbocycles. The minimum Gasteiger partial charge on any atom is -0.508 e. The third-order valence-electron chi connectivity index (χ3n) is 3.75. The van der Waals surface area contributed by atoms with Crippen molar-refractivity contribution in [1.82, 2.24) is 0 Å². The van der Waals surface area contributed by atoms with Crippen LogP contribution in [0.5, 0.6) is 5.75 Å². The van der Waals surface area contributed by atoms with E-state index < -0.39 is 0 Å². The number of hydrogen-bond acceptors (Lipinski definition) is 1. The van der Waals surface area contributed by atoms with E-state index in [0.717, 1.165) is 30.4 Å². The summed E-state index contributed by atoms with van der Waals surface area (Å²) in [5.41, 5.74) is 5.95. The van der Waals surface area contributed by atoms with Gasteiger partial charge in [-0.15, -0.1) is 0 Å².